The van der Waals surface area contributed by atoms with Crippen molar-refractivity contribution in [2.75, 3.05) is 6.54 Å². The Balaban J connectivity index is 4.10. The lowest BCUT2D eigenvalue weighted by Crippen LogP contribution is -2.48. The van der Waals surface area contributed by atoms with E-state index in [2.05, 4.69) is 0 Å². The van der Waals surface area contributed by atoms with Crippen LogP contribution in [0.3, 0.4) is 0 Å². The van der Waals surface area contributed by atoms with Crippen molar-refractivity contribution in [3.8, 4) is 0 Å². The zero-order valence-corrected chi connectivity index (χ0v) is 8.37. The summed E-state index contributed by atoms with van der Waals surface area (Å²) in [4.78, 5) is 20.6. The second kappa shape index (κ2) is 5.23. The van der Waals surface area contributed by atoms with E-state index in [1.807, 2.05) is 0 Å². The van der Waals surface area contributed by atoms with Gasteiger partial charge < -0.3 is 10.6 Å². The molecule has 0 saturated heterocycles. The van der Waals surface area contributed by atoms with Crippen LogP contribution in [0.5, 0.6) is 0 Å². The zero-order chi connectivity index (χ0) is 13.9. The molecule has 10 heteroatoms. The molecule has 0 bridgehead atoms. The third kappa shape index (κ3) is 5.97. The van der Waals surface area contributed by atoms with Crippen molar-refractivity contribution in [2.24, 2.45) is 0 Å². The van der Waals surface area contributed by atoms with Crippen molar-refractivity contribution in [3.05, 3.63) is 0 Å². The van der Waals surface area contributed by atoms with Gasteiger partial charge in [0.2, 0.25) is 0 Å². The quantitative estimate of drug-likeness (QED) is 0.740. The Bertz CT molecular complexity index is 298. The Kier molecular flexibility index (Phi) is 4.78. The van der Waals surface area contributed by atoms with E-state index in [9.17, 15) is 35.9 Å². The fraction of sp³-hybridized carbons (Fsp3) is 0.714. The van der Waals surface area contributed by atoms with Gasteiger partial charge in [0.05, 0.1) is 0 Å². The SMILES string of the molecule is C[C@@H](CNC(=O)C(F)(F)F)NC(=O)C(F)(F)F. The lowest BCUT2D eigenvalue weighted by Gasteiger charge is -2.16. The zero-order valence-electron chi connectivity index (χ0n) is 8.37. The Labute approximate surface area is 91.3 Å². The molecule has 0 aromatic rings. The molecule has 0 fully saturated rings. The van der Waals surface area contributed by atoms with Crippen molar-refractivity contribution in [1.29, 1.82) is 0 Å². The van der Waals surface area contributed by atoms with E-state index < -0.39 is 36.8 Å². The van der Waals surface area contributed by atoms with Crippen LogP contribution in [0, 0.1) is 0 Å². The van der Waals surface area contributed by atoms with E-state index in [1.54, 1.807) is 0 Å². The van der Waals surface area contributed by atoms with Gasteiger partial charge in [0.25, 0.3) is 0 Å². The van der Waals surface area contributed by atoms with Gasteiger partial charge in [-0.25, -0.2) is 0 Å². The lowest BCUT2D eigenvalue weighted by atomic mass is 10.3. The van der Waals surface area contributed by atoms with Crippen molar-refractivity contribution < 1.29 is 35.9 Å². The third-order valence-electron chi connectivity index (χ3n) is 1.46. The smallest absolute Gasteiger partial charge is 0.346 e. The van der Waals surface area contributed by atoms with E-state index in [-0.39, 0.29) is 0 Å². The van der Waals surface area contributed by atoms with E-state index in [1.165, 1.54) is 10.6 Å². The molecule has 100 valence electrons. The molecule has 1 atom stereocenters. The Morgan fingerprint density at radius 3 is 1.76 bits per heavy atom. The number of halogens is 6. The molecule has 0 unspecified atom stereocenters. The minimum atomic E-state index is -5.12. The molecule has 0 rings (SSSR count). The molecule has 0 aliphatic carbocycles. The van der Waals surface area contributed by atoms with Gasteiger partial charge in [0.15, 0.2) is 0 Å². The summed E-state index contributed by atoms with van der Waals surface area (Å²) in [5.74, 6) is -4.57. The van der Waals surface area contributed by atoms with Crippen LogP contribution in [0.4, 0.5) is 26.3 Å². The predicted octanol–water partition coefficient (Wildman–Crippen LogP) is 0.732. The number of carbonyl (C=O) groups is 2. The molecule has 0 aromatic carbocycles. The van der Waals surface area contributed by atoms with Gasteiger partial charge >= 0.3 is 24.2 Å². The molecule has 0 saturated carbocycles. The predicted molar refractivity (Wildman–Crippen MR) is 42.7 cm³/mol. The number of amides is 2. The summed E-state index contributed by atoms with van der Waals surface area (Å²) in [7, 11) is 0. The summed E-state index contributed by atoms with van der Waals surface area (Å²) in [6, 6.07) is -1.28. The fourth-order valence-electron chi connectivity index (χ4n) is 0.703. The summed E-state index contributed by atoms with van der Waals surface area (Å²) in [5.41, 5.74) is 0. The van der Waals surface area contributed by atoms with Crippen LogP contribution in [0.2, 0.25) is 0 Å². The van der Waals surface area contributed by atoms with Crippen LogP contribution in [0.15, 0.2) is 0 Å². The molecule has 2 N–H and O–H groups in total. The van der Waals surface area contributed by atoms with E-state index in [0.717, 1.165) is 6.92 Å². The highest BCUT2D eigenvalue weighted by Gasteiger charge is 2.40. The number of nitrogens with one attached hydrogen (secondary N) is 2. The topological polar surface area (TPSA) is 58.2 Å². The van der Waals surface area contributed by atoms with Crippen molar-refractivity contribution >= 4 is 11.8 Å². The minimum absolute atomic E-state index is 0.764. The second-order valence-electron chi connectivity index (χ2n) is 3.08. The first kappa shape index (κ1) is 15.5. The third-order valence-corrected chi connectivity index (χ3v) is 1.46. The molecule has 0 heterocycles. The maximum atomic E-state index is 11.7. The first-order valence-corrected chi connectivity index (χ1v) is 4.17. The van der Waals surface area contributed by atoms with Crippen molar-refractivity contribution in [3.63, 3.8) is 0 Å². The minimum Gasteiger partial charge on any atom is -0.346 e. The highest BCUT2D eigenvalue weighted by molar-refractivity contribution is 5.83. The molecular weight excluding hydrogens is 258 g/mol. The first-order valence-electron chi connectivity index (χ1n) is 4.17. The van der Waals surface area contributed by atoms with Gasteiger partial charge in [-0.05, 0) is 6.92 Å². The van der Waals surface area contributed by atoms with Crippen LogP contribution in [0.1, 0.15) is 6.92 Å². The van der Waals surface area contributed by atoms with Gasteiger partial charge in [0, 0.05) is 12.6 Å². The van der Waals surface area contributed by atoms with E-state index in [0.29, 0.717) is 0 Å². The van der Waals surface area contributed by atoms with Gasteiger partial charge in [-0.15, -0.1) is 0 Å². The average Bonchev–Trinajstić information content (AvgIpc) is 2.10. The summed E-state index contributed by atoms with van der Waals surface area (Å²) in [5, 5.41) is 2.71. The van der Waals surface area contributed by atoms with Gasteiger partial charge in [0.1, 0.15) is 0 Å². The number of carbonyl (C=O) groups excluding carboxylic acids is 2. The highest BCUT2D eigenvalue weighted by Crippen LogP contribution is 2.15. The standard InChI is InChI=1S/C7H8F6N2O2/c1-3(15-5(17)7(11,12)13)2-14-4(16)6(8,9)10/h3H,2H2,1H3,(H,14,16)(H,15,17)/t3-/m0/s1. The number of rotatable bonds is 3. The first-order chi connectivity index (χ1) is 7.44. The summed E-state index contributed by atoms with van der Waals surface area (Å²) in [6.07, 6.45) is -10.2. The average molecular weight is 266 g/mol. The lowest BCUT2D eigenvalue weighted by molar-refractivity contribution is -0.175. The molecule has 0 aromatic heterocycles. The maximum Gasteiger partial charge on any atom is 0.471 e. The van der Waals surface area contributed by atoms with Gasteiger partial charge in [-0.2, -0.15) is 26.3 Å². The Hall–Kier alpha value is -1.48. The van der Waals surface area contributed by atoms with Crippen LogP contribution in [-0.4, -0.2) is 36.8 Å². The maximum absolute atomic E-state index is 11.7. The monoisotopic (exact) mass is 266 g/mol. The molecule has 17 heavy (non-hydrogen) atoms. The highest BCUT2D eigenvalue weighted by atomic mass is 19.4. The van der Waals surface area contributed by atoms with Crippen LogP contribution < -0.4 is 10.6 Å². The molecule has 0 aliphatic rings. The van der Waals surface area contributed by atoms with Gasteiger partial charge in [-0.1, -0.05) is 0 Å². The number of hydrogen-bond donors (Lipinski definition) is 2. The molecule has 0 aliphatic heterocycles. The Morgan fingerprint density at radius 1 is 1.00 bits per heavy atom. The number of alkyl halides is 6. The van der Waals surface area contributed by atoms with Gasteiger partial charge in [-0.3, -0.25) is 9.59 Å². The molecule has 0 spiro atoms. The van der Waals surface area contributed by atoms with Crippen molar-refractivity contribution in [1.82, 2.24) is 10.6 Å². The van der Waals surface area contributed by atoms with Crippen LogP contribution in [0.25, 0.3) is 0 Å². The van der Waals surface area contributed by atoms with Crippen LogP contribution >= 0.6 is 0 Å². The normalized spacial score (nSPS) is 14.1. The fourth-order valence-corrected chi connectivity index (χ4v) is 0.703. The van der Waals surface area contributed by atoms with Crippen LogP contribution in [-0.2, 0) is 9.59 Å². The molecule has 2 amide bonds. The summed E-state index contributed by atoms with van der Waals surface area (Å²) in [6.45, 7) is 0.250. The van der Waals surface area contributed by atoms with E-state index in [4.69, 9.17) is 0 Å². The van der Waals surface area contributed by atoms with E-state index >= 15 is 0 Å². The Morgan fingerprint density at radius 2 is 1.41 bits per heavy atom. The number of hydrogen-bond acceptors (Lipinski definition) is 2. The van der Waals surface area contributed by atoms with Crippen molar-refractivity contribution in [2.45, 2.75) is 25.3 Å². The largest absolute Gasteiger partial charge is 0.471 e. The summed E-state index contributed by atoms with van der Waals surface area (Å²) < 4.78 is 70.2. The summed E-state index contributed by atoms with van der Waals surface area (Å²) >= 11 is 0. The second-order valence-corrected chi connectivity index (χ2v) is 3.08. The molecule has 4 nitrogen and oxygen atoms in total. The molecule has 0 radical (unpaired) electrons. The molecular formula is C7H8F6N2O2.